The smallest absolute Gasteiger partial charge is 0.337 e. The Morgan fingerprint density at radius 2 is 2.21 bits per heavy atom. The van der Waals surface area contributed by atoms with Crippen molar-refractivity contribution >= 4 is 27.7 Å². The van der Waals surface area contributed by atoms with Gasteiger partial charge < -0.3 is 14.7 Å². The van der Waals surface area contributed by atoms with Crippen LogP contribution in [0, 0.1) is 0 Å². The molecule has 0 aliphatic carbocycles. The van der Waals surface area contributed by atoms with Gasteiger partial charge in [-0.1, -0.05) is 28.6 Å². The zero-order valence-corrected chi connectivity index (χ0v) is 15.0. The minimum atomic E-state index is -0.982. The number of carboxylic acid groups (broad SMARTS) is 1. The maximum absolute atomic E-state index is 10.9. The minimum absolute atomic E-state index is 0.173. The zero-order chi connectivity index (χ0) is 17.5. The van der Waals surface area contributed by atoms with Crippen LogP contribution in [0.25, 0.3) is 0 Å². The van der Waals surface area contributed by atoms with Crippen LogP contribution >= 0.6 is 15.9 Å². The molecule has 1 aromatic carbocycles. The fraction of sp³-hybridized carbons (Fsp3) is 0.222. The molecule has 0 unspecified atom stereocenters. The quantitative estimate of drug-likeness (QED) is 0.686. The molecule has 0 spiro atoms. The first kappa shape index (κ1) is 18.0. The molecule has 0 aliphatic rings. The van der Waals surface area contributed by atoms with E-state index >= 15 is 0 Å². The van der Waals surface area contributed by atoms with Crippen LogP contribution in [-0.4, -0.2) is 29.2 Å². The van der Waals surface area contributed by atoms with Gasteiger partial charge in [0.2, 0.25) is 0 Å². The van der Waals surface area contributed by atoms with Gasteiger partial charge in [-0.25, -0.2) is 9.78 Å². The van der Waals surface area contributed by atoms with Crippen molar-refractivity contribution in [2.24, 2.45) is 0 Å². The van der Waals surface area contributed by atoms with Gasteiger partial charge in [-0.2, -0.15) is 0 Å². The number of aromatic nitrogens is 1. The maximum atomic E-state index is 10.9. The van der Waals surface area contributed by atoms with E-state index in [0.29, 0.717) is 13.2 Å². The summed E-state index contributed by atoms with van der Waals surface area (Å²) in [5, 5.41) is 8.97. The zero-order valence-electron chi connectivity index (χ0n) is 13.4. The second kappa shape index (κ2) is 8.49. The molecule has 0 aliphatic heterocycles. The van der Waals surface area contributed by atoms with Gasteiger partial charge in [-0.05, 0) is 37.3 Å². The summed E-state index contributed by atoms with van der Waals surface area (Å²) in [6, 6.07) is 9.13. The number of carboxylic acids is 1. The minimum Gasteiger partial charge on any atom is -0.489 e. The van der Waals surface area contributed by atoms with Crippen molar-refractivity contribution in [2.75, 3.05) is 18.1 Å². The summed E-state index contributed by atoms with van der Waals surface area (Å²) in [4.78, 5) is 17.2. The fourth-order valence-corrected chi connectivity index (χ4v) is 2.63. The number of rotatable bonds is 8. The van der Waals surface area contributed by atoms with Gasteiger partial charge in [-0.3, -0.25) is 0 Å². The third kappa shape index (κ3) is 4.58. The third-order valence-corrected chi connectivity index (χ3v) is 3.93. The Kier molecular flexibility index (Phi) is 6.37. The van der Waals surface area contributed by atoms with Crippen LogP contribution in [0.3, 0.4) is 0 Å². The number of benzene rings is 1. The molecule has 1 heterocycles. The van der Waals surface area contributed by atoms with E-state index in [4.69, 9.17) is 9.84 Å². The summed E-state index contributed by atoms with van der Waals surface area (Å²) < 4.78 is 6.68. The maximum Gasteiger partial charge on any atom is 0.337 e. The summed E-state index contributed by atoms with van der Waals surface area (Å²) >= 11 is 3.48. The average Bonchev–Trinajstić information content (AvgIpc) is 2.59. The predicted molar refractivity (Wildman–Crippen MR) is 97.8 cm³/mol. The van der Waals surface area contributed by atoms with E-state index in [0.717, 1.165) is 28.1 Å². The molecule has 0 saturated carbocycles. The number of carbonyl (C=O) groups is 1. The monoisotopic (exact) mass is 390 g/mol. The highest BCUT2D eigenvalue weighted by atomic mass is 79.9. The summed E-state index contributed by atoms with van der Waals surface area (Å²) in [6.07, 6.45) is 3.08. The van der Waals surface area contributed by atoms with E-state index in [2.05, 4.69) is 27.5 Å². The molecule has 1 aromatic heterocycles. The lowest BCUT2D eigenvalue weighted by atomic mass is 10.2. The van der Waals surface area contributed by atoms with E-state index < -0.39 is 5.97 Å². The van der Waals surface area contributed by atoms with Crippen molar-refractivity contribution in [1.29, 1.82) is 0 Å². The molecular formula is C18H19BrN2O3. The van der Waals surface area contributed by atoms with Gasteiger partial charge in [0.15, 0.2) is 0 Å². The largest absolute Gasteiger partial charge is 0.489 e. The summed E-state index contributed by atoms with van der Waals surface area (Å²) in [5.74, 6) is 0.528. The van der Waals surface area contributed by atoms with Crippen molar-refractivity contribution in [2.45, 2.75) is 13.5 Å². The van der Waals surface area contributed by atoms with Crippen LogP contribution in [-0.2, 0) is 6.54 Å². The molecule has 0 fully saturated rings. The Morgan fingerprint density at radius 3 is 2.79 bits per heavy atom. The molecular weight excluding hydrogens is 372 g/mol. The topological polar surface area (TPSA) is 62.7 Å². The van der Waals surface area contributed by atoms with Gasteiger partial charge in [0.25, 0.3) is 0 Å². The Balaban J connectivity index is 2.24. The van der Waals surface area contributed by atoms with Crippen LogP contribution in [0.5, 0.6) is 5.75 Å². The third-order valence-electron chi connectivity index (χ3n) is 3.44. The molecule has 1 N–H and O–H groups in total. The molecule has 2 aromatic rings. The van der Waals surface area contributed by atoms with Crippen LogP contribution in [0.1, 0.15) is 22.8 Å². The van der Waals surface area contributed by atoms with Crippen LogP contribution in [0.2, 0.25) is 0 Å². The van der Waals surface area contributed by atoms with E-state index in [9.17, 15) is 4.79 Å². The SMILES string of the molecule is C=CCOc1ccc(Br)cc1CN(CC)c1ccc(C(=O)O)cn1. The first-order chi connectivity index (χ1) is 11.5. The van der Waals surface area contributed by atoms with Crippen molar-refractivity contribution in [3.05, 3.63) is 64.8 Å². The molecule has 0 amide bonds. The van der Waals surface area contributed by atoms with E-state index in [1.54, 1.807) is 18.2 Å². The van der Waals surface area contributed by atoms with Crippen molar-refractivity contribution in [3.8, 4) is 5.75 Å². The standard InChI is InChI=1S/C18H19BrN2O3/c1-3-9-24-16-7-6-15(19)10-14(16)12-21(4-2)17-8-5-13(11-20-17)18(22)23/h3,5-8,10-11H,1,4,9,12H2,2H3,(H,22,23). The van der Waals surface area contributed by atoms with Gasteiger partial charge in [-0.15, -0.1) is 0 Å². The normalized spacial score (nSPS) is 10.2. The molecule has 0 saturated heterocycles. The predicted octanol–water partition coefficient (Wildman–Crippen LogP) is 4.13. The Labute approximate surface area is 149 Å². The van der Waals surface area contributed by atoms with Crippen molar-refractivity contribution < 1.29 is 14.6 Å². The average molecular weight is 391 g/mol. The van der Waals surface area contributed by atoms with E-state index in [1.165, 1.54) is 6.20 Å². The lowest BCUT2D eigenvalue weighted by Gasteiger charge is -2.23. The lowest BCUT2D eigenvalue weighted by molar-refractivity contribution is 0.0696. The van der Waals surface area contributed by atoms with E-state index in [-0.39, 0.29) is 5.56 Å². The molecule has 5 nitrogen and oxygen atoms in total. The van der Waals surface area contributed by atoms with Gasteiger partial charge in [0.1, 0.15) is 18.2 Å². The van der Waals surface area contributed by atoms with Crippen LogP contribution < -0.4 is 9.64 Å². The van der Waals surface area contributed by atoms with Gasteiger partial charge in [0.05, 0.1) is 5.56 Å². The number of nitrogens with zero attached hydrogens (tertiary/aromatic N) is 2. The molecule has 126 valence electrons. The number of anilines is 1. The molecule has 6 heteroatoms. The second-order valence-corrected chi connectivity index (χ2v) is 5.99. The lowest BCUT2D eigenvalue weighted by Crippen LogP contribution is -2.23. The first-order valence-electron chi connectivity index (χ1n) is 7.51. The Hall–Kier alpha value is -2.34. The second-order valence-electron chi connectivity index (χ2n) is 5.08. The molecule has 0 radical (unpaired) electrons. The molecule has 2 rings (SSSR count). The summed E-state index contributed by atoms with van der Waals surface area (Å²) in [6.45, 7) is 7.46. The van der Waals surface area contributed by atoms with Crippen LogP contribution in [0.4, 0.5) is 5.82 Å². The Morgan fingerprint density at radius 1 is 1.42 bits per heavy atom. The van der Waals surface area contributed by atoms with Gasteiger partial charge >= 0.3 is 5.97 Å². The highest BCUT2D eigenvalue weighted by molar-refractivity contribution is 9.10. The van der Waals surface area contributed by atoms with Gasteiger partial charge in [0, 0.05) is 29.3 Å². The first-order valence-corrected chi connectivity index (χ1v) is 8.30. The van der Waals surface area contributed by atoms with Crippen molar-refractivity contribution in [1.82, 2.24) is 4.98 Å². The molecule has 0 bridgehead atoms. The number of pyridine rings is 1. The number of hydrogen-bond donors (Lipinski definition) is 1. The van der Waals surface area contributed by atoms with Crippen molar-refractivity contribution in [3.63, 3.8) is 0 Å². The highest BCUT2D eigenvalue weighted by Crippen LogP contribution is 2.26. The number of hydrogen-bond acceptors (Lipinski definition) is 4. The van der Waals surface area contributed by atoms with E-state index in [1.807, 2.05) is 30.0 Å². The highest BCUT2D eigenvalue weighted by Gasteiger charge is 2.12. The number of aromatic carboxylic acids is 1. The number of halogens is 1. The molecule has 24 heavy (non-hydrogen) atoms. The van der Waals surface area contributed by atoms with Crippen LogP contribution in [0.15, 0.2) is 53.7 Å². The summed E-state index contributed by atoms with van der Waals surface area (Å²) in [5.41, 5.74) is 1.18. The number of ether oxygens (including phenoxy) is 1. The fourth-order valence-electron chi connectivity index (χ4n) is 2.22. The summed E-state index contributed by atoms with van der Waals surface area (Å²) in [7, 11) is 0. The molecule has 0 atom stereocenters. The Bertz CT molecular complexity index is 717.